The molecule has 6 nitrogen and oxygen atoms in total. The van der Waals surface area contributed by atoms with Crippen molar-refractivity contribution in [3.05, 3.63) is 0 Å². The standard InChI is InChI=1S/C13H26N2O4/c1-11(12(16)15-6-3-7-17-2)19-13(10-14)4-8-18-9-5-13/h11H,3-10,14H2,1-2H3,(H,15,16). The van der Waals surface area contributed by atoms with E-state index in [9.17, 15) is 4.79 Å². The van der Waals surface area contributed by atoms with E-state index in [0.717, 1.165) is 19.3 Å². The molecule has 3 N–H and O–H groups in total. The monoisotopic (exact) mass is 274 g/mol. The van der Waals surface area contributed by atoms with Crippen LogP contribution in [0.3, 0.4) is 0 Å². The van der Waals surface area contributed by atoms with Crippen LogP contribution in [0, 0.1) is 0 Å². The van der Waals surface area contributed by atoms with Crippen LogP contribution in [0.25, 0.3) is 0 Å². The third-order valence-corrected chi connectivity index (χ3v) is 3.40. The molecule has 1 aliphatic rings. The Bertz CT molecular complexity index is 267. The maximum absolute atomic E-state index is 11.9. The second-order valence-electron chi connectivity index (χ2n) is 4.90. The largest absolute Gasteiger partial charge is 0.385 e. The van der Waals surface area contributed by atoms with E-state index in [1.807, 2.05) is 0 Å². The Labute approximate surface area is 115 Å². The molecular weight excluding hydrogens is 248 g/mol. The summed E-state index contributed by atoms with van der Waals surface area (Å²) < 4.78 is 16.1. The lowest BCUT2D eigenvalue weighted by atomic mass is 9.94. The molecule has 0 bridgehead atoms. The van der Waals surface area contributed by atoms with Gasteiger partial charge >= 0.3 is 0 Å². The summed E-state index contributed by atoms with van der Waals surface area (Å²) in [6.45, 7) is 4.69. The average Bonchev–Trinajstić information content (AvgIpc) is 2.44. The number of amides is 1. The van der Waals surface area contributed by atoms with Gasteiger partial charge in [-0.05, 0) is 13.3 Å². The third-order valence-electron chi connectivity index (χ3n) is 3.40. The van der Waals surface area contributed by atoms with Crippen LogP contribution in [0.4, 0.5) is 0 Å². The molecule has 0 radical (unpaired) electrons. The summed E-state index contributed by atoms with van der Waals surface area (Å²) in [7, 11) is 1.64. The van der Waals surface area contributed by atoms with Crippen molar-refractivity contribution in [1.29, 1.82) is 0 Å². The van der Waals surface area contributed by atoms with Gasteiger partial charge < -0.3 is 25.3 Å². The van der Waals surface area contributed by atoms with E-state index in [2.05, 4.69) is 5.32 Å². The summed E-state index contributed by atoms with van der Waals surface area (Å²) in [5, 5.41) is 2.83. The van der Waals surface area contributed by atoms with Gasteiger partial charge in [0, 0.05) is 52.9 Å². The van der Waals surface area contributed by atoms with E-state index in [0.29, 0.717) is 32.9 Å². The molecule has 1 aliphatic heterocycles. The van der Waals surface area contributed by atoms with Crippen molar-refractivity contribution in [2.24, 2.45) is 5.73 Å². The number of nitrogens with two attached hydrogens (primary N) is 1. The van der Waals surface area contributed by atoms with E-state index in [-0.39, 0.29) is 5.91 Å². The SMILES string of the molecule is COCCCNC(=O)C(C)OC1(CN)CCOCC1. The second kappa shape index (κ2) is 8.47. The zero-order valence-electron chi connectivity index (χ0n) is 11.9. The first-order chi connectivity index (χ1) is 9.13. The smallest absolute Gasteiger partial charge is 0.248 e. The molecule has 1 fully saturated rings. The maximum Gasteiger partial charge on any atom is 0.248 e. The molecule has 0 spiro atoms. The fraction of sp³-hybridized carbons (Fsp3) is 0.923. The van der Waals surface area contributed by atoms with E-state index < -0.39 is 11.7 Å². The predicted octanol–water partition coefficient (Wildman–Crippen LogP) is 0.0521. The van der Waals surface area contributed by atoms with Crippen LogP contribution >= 0.6 is 0 Å². The fourth-order valence-electron chi connectivity index (χ4n) is 2.11. The molecule has 1 amide bonds. The second-order valence-corrected chi connectivity index (χ2v) is 4.90. The molecule has 6 heteroatoms. The van der Waals surface area contributed by atoms with Crippen molar-refractivity contribution in [1.82, 2.24) is 5.32 Å². The average molecular weight is 274 g/mol. The number of hydrogen-bond acceptors (Lipinski definition) is 5. The number of carbonyl (C=O) groups is 1. The Balaban J connectivity index is 2.34. The Morgan fingerprint density at radius 1 is 1.47 bits per heavy atom. The highest BCUT2D eigenvalue weighted by atomic mass is 16.5. The lowest BCUT2D eigenvalue weighted by Gasteiger charge is -2.37. The lowest BCUT2D eigenvalue weighted by molar-refractivity contribution is -0.158. The van der Waals surface area contributed by atoms with Gasteiger partial charge in [-0.3, -0.25) is 4.79 Å². The van der Waals surface area contributed by atoms with E-state index in [1.165, 1.54) is 0 Å². The fourth-order valence-corrected chi connectivity index (χ4v) is 2.11. The van der Waals surface area contributed by atoms with Gasteiger partial charge in [-0.2, -0.15) is 0 Å². The minimum absolute atomic E-state index is 0.101. The summed E-state index contributed by atoms with van der Waals surface area (Å²) >= 11 is 0. The summed E-state index contributed by atoms with van der Waals surface area (Å²) in [6.07, 6.45) is 1.78. The van der Waals surface area contributed by atoms with Gasteiger partial charge in [0.2, 0.25) is 5.91 Å². The highest BCUT2D eigenvalue weighted by molar-refractivity contribution is 5.80. The van der Waals surface area contributed by atoms with Crippen molar-refractivity contribution in [3.8, 4) is 0 Å². The summed E-state index contributed by atoms with van der Waals surface area (Å²) in [5.41, 5.74) is 5.38. The Morgan fingerprint density at radius 3 is 2.74 bits per heavy atom. The van der Waals surface area contributed by atoms with Gasteiger partial charge in [0.05, 0.1) is 5.60 Å². The van der Waals surface area contributed by atoms with Crippen LogP contribution in [0.1, 0.15) is 26.2 Å². The number of hydrogen-bond donors (Lipinski definition) is 2. The van der Waals surface area contributed by atoms with E-state index in [1.54, 1.807) is 14.0 Å². The van der Waals surface area contributed by atoms with Crippen molar-refractivity contribution < 1.29 is 19.0 Å². The van der Waals surface area contributed by atoms with Gasteiger partial charge in [0.15, 0.2) is 0 Å². The van der Waals surface area contributed by atoms with Crippen LogP contribution in [-0.4, -0.2) is 57.6 Å². The van der Waals surface area contributed by atoms with Crippen molar-refractivity contribution in [3.63, 3.8) is 0 Å². The van der Waals surface area contributed by atoms with Gasteiger partial charge in [-0.1, -0.05) is 0 Å². The first-order valence-electron chi connectivity index (χ1n) is 6.86. The molecule has 0 aliphatic carbocycles. The topological polar surface area (TPSA) is 82.8 Å². The summed E-state index contributed by atoms with van der Waals surface area (Å²) in [5.74, 6) is -0.101. The molecular formula is C13H26N2O4. The molecule has 0 aromatic heterocycles. The number of rotatable bonds is 8. The molecule has 112 valence electrons. The molecule has 1 rings (SSSR count). The Morgan fingerprint density at radius 2 is 2.16 bits per heavy atom. The zero-order valence-corrected chi connectivity index (χ0v) is 11.9. The molecule has 1 atom stereocenters. The zero-order chi connectivity index (χ0) is 14.1. The number of nitrogens with one attached hydrogen (secondary N) is 1. The summed E-state index contributed by atoms with van der Waals surface area (Å²) in [4.78, 5) is 11.9. The van der Waals surface area contributed by atoms with Gasteiger partial charge in [-0.15, -0.1) is 0 Å². The normalized spacial score (nSPS) is 19.9. The number of methoxy groups -OCH3 is 1. The van der Waals surface area contributed by atoms with Gasteiger partial charge in [0.25, 0.3) is 0 Å². The highest BCUT2D eigenvalue weighted by Gasteiger charge is 2.35. The van der Waals surface area contributed by atoms with Crippen LogP contribution in [0.5, 0.6) is 0 Å². The lowest BCUT2D eigenvalue weighted by Crippen LogP contribution is -2.50. The first-order valence-corrected chi connectivity index (χ1v) is 6.86. The first kappa shape index (κ1) is 16.4. The van der Waals surface area contributed by atoms with Crippen LogP contribution < -0.4 is 11.1 Å². The molecule has 0 aromatic rings. The number of carbonyl (C=O) groups excluding carboxylic acids is 1. The Kier molecular flexibility index (Phi) is 7.30. The minimum atomic E-state index is -0.496. The quantitative estimate of drug-likeness (QED) is 0.611. The highest BCUT2D eigenvalue weighted by Crippen LogP contribution is 2.25. The predicted molar refractivity (Wildman–Crippen MR) is 71.9 cm³/mol. The molecule has 0 saturated carbocycles. The van der Waals surface area contributed by atoms with E-state index >= 15 is 0 Å². The molecule has 19 heavy (non-hydrogen) atoms. The van der Waals surface area contributed by atoms with Gasteiger partial charge in [-0.25, -0.2) is 0 Å². The van der Waals surface area contributed by atoms with Crippen molar-refractivity contribution in [2.45, 2.75) is 37.9 Å². The molecule has 0 aromatic carbocycles. The summed E-state index contributed by atoms with van der Waals surface area (Å²) in [6, 6.07) is 0. The van der Waals surface area contributed by atoms with Gasteiger partial charge in [0.1, 0.15) is 6.10 Å². The minimum Gasteiger partial charge on any atom is -0.385 e. The van der Waals surface area contributed by atoms with Crippen molar-refractivity contribution in [2.75, 3.05) is 40.0 Å². The van der Waals surface area contributed by atoms with Crippen LogP contribution in [0.2, 0.25) is 0 Å². The molecule has 1 unspecified atom stereocenters. The Hall–Kier alpha value is -0.690. The molecule has 1 saturated heterocycles. The van der Waals surface area contributed by atoms with Crippen molar-refractivity contribution >= 4 is 5.91 Å². The molecule has 1 heterocycles. The maximum atomic E-state index is 11.9. The third kappa shape index (κ3) is 5.44. The number of ether oxygens (including phenoxy) is 3. The van der Waals surface area contributed by atoms with Crippen LogP contribution in [0.15, 0.2) is 0 Å². The van der Waals surface area contributed by atoms with Crippen LogP contribution in [-0.2, 0) is 19.0 Å². The van der Waals surface area contributed by atoms with E-state index in [4.69, 9.17) is 19.9 Å².